The van der Waals surface area contributed by atoms with Crippen molar-refractivity contribution in [2.24, 2.45) is 0 Å². The predicted molar refractivity (Wildman–Crippen MR) is 505 cm³/mol. The summed E-state index contributed by atoms with van der Waals surface area (Å²) in [7, 11) is 5.50. The monoisotopic (exact) mass is 2240 g/mol. The number of aromatic carboxylic acids is 1. The summed E-state index contributed by atoms with van der Waals surface area (Å²) in [5, 5.41) is 41.6. The van der Waals surface area contributed by atoms with Crippen molar-refractivity contribution < 1.29 is 170 Å². The number of esters is 5. The van der Waals surface area contributed by atoms with Crippen molar-refractivity contribution in [1.29, 1.82) is 0 Å². The van der Waals surface area contributed by atoms with Crippen molar-refractivity contribution in [2.75, 3.05) is 89.0 Å². The average Bonchev–Trinajstić information content (AvgIpc) is 1.59. The Bertz CT molecular complexity index is 6980. The zero-order chi connectivity index (χ0) is 112. The molecule has 0 bridgehead atoms. The number of carboxylic acid groups (broad SMARTS) is 1. The smallest absolute Gasteiger partial charge is 0.340 e. The molecule has 37 nitrogen and oxygen atoms in total. The fourth-order valence-electron chi connectivity index (χ4n) is 12.5. The highest BCUT2D eigenvalue weighted by Gasteiger charge is 2.31. The van der Waals surface area contributed by atoms with E-state index in [9.17, 15) is 142 Å². The maximum atomic E-state index is 14.5. The van der Waals surface area contributed by atoms with Crippen molar-refractivity contribution in [2.45, 2.75) is 125 Å². The number of anilines is 6. The molecule has 0 aliphatic carbocycles. The van der Waals surface area contributed by atoms with Crippen LogP contribution in [0, 0.1) is 87.8 Å². The fraction of sp³-hybridized carbons (Fsp3) is 0.304. The first-order valence-corrected chi connectivity index (χ1v) is 43.5. The van der Waals surface area contributed by atoms with E-state index in [1.807, 2.05) is 27.7 Å². The van der Waals surface area contributed by atoms with Crippen molar-refractivity contribution in [3.05, 3.63) is 264 Å². The molecule has 0 unspecified atom stereocenters. The second kappa shape index (κ2) is 55.3. The molecule has 0 saturated heterocycles. The molecule has 57 heteroatoms. The van der Waals surface area contributed by atoms with Gasteiger partial charge in [0.05, 0.1) is 181 Å². The van der Waals surface area contributed by atoms with Gasteiger partial charge in [0.2, 0.25) is 29.3 Å². The van der Waals surface area contributed by atoms with Gasteiger partial charge in [0.15, 0.2) is 49.7 Å². The summed E-state index contributed by atoms with van der Waals surface area (Å²) in [5.41, 5.74) is 0.610. The van der Waals surface area contributed by atoms with Crippen LogP contribution >= 0.6 is 22.6 Å². The number of benzene rings is 6. The Labute approximate surface area is 843 Å². The third-order valence-electron chi connectivity index (χ3n) is 18.7. The molecular formula is C92H89F19IN15O22. The number of halogens is 20. The molecule has 0 amide bonds. The van der Waals surface area contributed by atoms with Gasteiger partial charge in [-0.2, -0.15) is 4.39 Å². The lowest BCUT2D eigenvalue weighted by Crippen LogP contribution is -2.25. The second-order valence-electron chi connectivity index (χ2n) is 31.2. The molecule has 7 N–H and O–H groups in total. The SMILES string of the molecule is CC(C)n1c(=O)n(-c2cc(OCC(F)F)ncc2F)c2cc(F)c(C(=O)O)cc21.COC(=O)c1cc(F)c([N+](=O)[O-])cc1F.COC(=O)c1cc(NC(C)C)c(N)cc1F.COC(=O)c1cc(NC(C)C)c(Nc2cc(OCC(F)F)ncc2F)cc1F.COC(=O)c1cc(NC(C)C)c([N+](=O)[O-])cc1F.COC(=O)c1cc2c(cc1F)n(-c1cc(OCC(F)F)ncc1F)c(=O)n2C(C)C.Fc1cnc(OCC(F)F)cc1I. The first-order chi connectivity index (χ1) is 69.8. The minimum atomic E-state index is -2.79. The van der Waals surface area contributed by atoms with E-state index < -0.39 is 219 Å². The number of hydrogen-bond donors (Lipinski definition) is 6. The van der Waals surface area contributed by atoms with E-state index in [0.29, 0.717) is 42.0 Å². The highest BCUT2D eigenvalue weighted by atomic mass is 127. The maximum absolute atomic E-state index is 14.5. The van der Waals surface area contributed by atoms with Crippen LogP contribution in [0.15, 0.2) is 131 Å². The number of nitrogen functional groups attached to an aromatic ring is 1. The lowest BCUT2D eigenvalue weighted by molar-refractivity contribution is -0.387. The van der Waals surface area contributed by atoms with Crippen LogP contribution in [-0.4, -0.2) is 195 Å². The summed E-state index contributed by atoms with van der Waals surface area (Å²) in [4.78, 5) is 128. The minimum Gasteiger partial charge on any atom is -0.478 e. The molecule has 804 valence electrons. The van der Waals surface area contributed by atoms with Crippen LogP contribution in [0.25, 0.3) is 33.4 Å². The van der Waals surface area contributed by atoms with Gasteiger partial charge in [-0.05, 0) is 134 Å². The van der Waals surface area contributed by atoms with Crippen molar-refractivity contribution in [3.63, 3.8) is 0 Å². The van der Waals surface area contributed by atoms with Crippen LogP contribution in [0.5, 0.6) is 23.5 Å². The third kappa shape index (κ3) is 33.4. The highest BCUT2D eigenvalue weighted by Crippen LogP contribution is 2.36. The number of pyridine rings is 4. The Morgan fingerprint density at radius 2 is 0.671 bits per heavy atom. The van der Waals surface area contributed by atoms with E-state index in [0.717, 1.165) is 111 Å². The highest BCUT2D eigenvalue weighted by molar-refractivity contribution is 14.1. The summed E-state index contributed by atoms with van der Waals surface area (Å²) in [6, 6.07) is 14.4. The molecule has 0 fully saturated rings. The van der Waals surface area contributed by atoms with E-state index >= 15 is 0 Å². The number of carbonyl (C=O) groups excluding carboxylic acids is 5. The predicted octanol–water partition coefficient (Wildman–Crippen LogP) is 19.7. The molecule has 6 aromatic carbocycles. The molecule has 149 heavy (non-hydrogen) atoms. The number of aromatic nitrogens is 8. The van der Waals surface area contributed by atoms with Gasteiger partial charge in [-0.15, -0.1) is 0 Å². The number of nitro benzene ring substituents is 2. The normalized spacial score (nSPS) is 10.9. The zero-order valence-electron chi connectivity index (χ0n) is 80.2. The summed E-state index contributed by atoms with van der Waals surface area (Å²) in [5.74, 6) is -17.3. The molecular weight excluding hydrogens is 2150 g/mol. The van der Waals surface area contributed by atoms with Crippen LogP contribution in [0.3, 0.4) is 0 Å². The number of imidazole rings is 2. The number of methoxy groups -OCH3 is 5. The Hall–Kier alpha value is -16.3. The van der Waals surface area contributed by atoms with Crippen LogP contribution in [-0.2, 0) is 23.7 Å². The zero-order valence-corrected chi connectivity index (χ0v) is 82.4. The molecule has 0 aliphatic heterocycles. The maximum Gasteiger partial charge on any atom is 0.340 e. The number of alkyl halides is 8. The molecule has 6 aromatic heterocycles. The molecule has 0 saturated carbocycles. The minimum absolute atomic E-state index is 0.00565. The fourth-order valence-corrected chi connectivity index (χ4v) is 12.9. The molecule has 12 rings (SSSR count). The molecule has 6 heterocycles. The lowest BCUT2D eigenvalue weighted by Gasteiger charge is -2.18. The quantitative estimate of drug-likeness (QED) is 0.00434. The van der Waals surface area contributed by atoms with Crippen LogP contribution in [0.4, 0.5) is 129 Å². The van der Waals surface area contributed by atoms with Crippen molar-refractivity contribution >= 4 is 126 Å². The number of nitrogens with two attached hydrogens (primary N) is 1. The Morgan fingerprint density at radius 3 is 1.04 bits per heavy atom. The molecule has 12 aromatic rings. The Kier molecular flexibility index (Phi) is 45.0. The molecule has 0 aliphatic rings. The number of carboxylic acids is 1. The van der Waals surface area contributed by atoms with Crippen LogP contribution in [0.1, 0.15) is 143 Å². The van der Waals surface area contributed by atoms with E-state index in [2.05, 4.69) is 69.6 Å². The topological polar surface area (TPSA) is 472 Å². The summed E-state index contributed by atoms with van der Waals surface area (Å²) >= 11 is 1.72. The van der Waals surface area contributed by atoms with Gasteiger partial charge < -0.3 is 74.7 Å². The van der Waals surface area contributed by atoms with E-state index in [1.54, 1.807) is 64.1 Å². The van der Waals surface area contributed by atoms with Gasteiger partial charge in [-0.1, -0.05) is 0 Å². The largest absolute Gasteiger partial charge is 0.478 e. The first kappa shape index (κ1) is 121. The Balaban J connectivity index is 0.000000271. The molecule has 0 atom stereocenters. The van der Waals surface area contributed by atoms with Gasteiger partial charge in [0.25, 0.3) is 31.4 Å². The van der Waals surface area contributed by atoms with E-state index in [1.165, 1.54) is 34.4 Å². The first-order valence-electron chi connectivity index (χ1n) is 42.5. The number of ether oxygens (including phenoxy) is 9. The third-order valence-corrected chi connectivity index (χ3v) is 19.5. The number of fused-ring (bicyclic) bond motifs is 2. The van der Waals surface area contributed by atoms with Crippen molar-refractivity contribution in [1.82, 2.24) is 38.2 Å². The van der Waals surface area contributed by atoms with Gasteiger partial charge >= 0.3 is 52.9 Å². The average molecular weight is 2240 g/mol. The van der Waals surface area contributed by atoms with Gasteiger partial charge in [0, 0.05) is 72.7 Å². The number of nitrogens with one attached hydrogen (secondary N) is 4. The van der Waals surface area contributed by atoms with Gasteiger partial charge in [-0.25, -0.2) is 137 Å². The van der Waals surface area contributed by atoms with Crippen LogP contribution < -0.4 is 57.3 Å². The standard InChI is InChI=1S/C19H17F4N3O4.C18H15F4N3O4.C18H19F4N3O3.C11H13FN2O4.C11H15FN2O2.C8H5F2NO4.C7H5F3INO/c1-9(2)25-14-4-10(18(27)29-3)11(20)5-15(14)26(19(25)28)13-6-17(24-7-12(13)21)30-8-16(22)23;1-8(2)24-13-3-9(17(26)27)10(19)4-14(13)25(18(24)28)12-5-16(23-6-11(12)20)29-7-15(21)22;1-9(2)24-14-4-10(18(26)27-3)11(19)5-15(14)25-13-6-17(23-7-12(13)20)28-8-16(21)22;1-6(2)13-9-4-7(11(15)18-3)8(12)5-10(9)14(16)17;1-6(2)14-10-4-7(11(15)16-3)8(12)5-9(10)13;1-15-8(12)4-2-6(10)7(11(13)14)3-5(4)9;8-4-2-12-7(1-5(4)11)13-3-6(9)10/h4-7,9,16H,8H2,1-3H3;3-6,8,15H,7H2,1-2H3,(H,26,27);4-7,9,16,24H,8H2,1-3H3,(H,23,25);4-6,13H,1-3H3;4-6,14H,13H2,1-3H3;2-3H,1H3;1-2,6H,3H2. The van der Waals surface area contributed by atoms with Gasteiger partial charge in [-0.3, -0.25) is 38.5 Å². The second-order valence-corrected chi connectivity index (χ2v) is 32.4. The number of hydrogen-bond acceptors (Lipinski definition) is 30. The Morgan fingerprint density at radius 1 is 0.362 bits per heavy atom. The molecule has 0 spiro atoms. The van der Waals surface area contributed by atoms with Crippen LogP contribution in [0.2, 0.25) is 0 Å². The molecule has 0 radical (unpaired) electrons. The van der Waals surface area contributed by atoms with E-state index in [-0.39, 0.29) is 112 Å². The summed E-state index contributed by atoms with van der Waals surface area (Å²) < 4.78 is 295. The number of carbonyl (C=O) groups is 6. The summed E-state index contributed by atoms with van der Waals surface area (Å²) in [6.07, 6.45) is -7.73. The number of rotatable bonds is 32. The number of nitrogens with zero attached hydrogens (tertiary/aromatic N) is 10. The lowest BCUT2D eigenvalue weighted by atomic mass is 10.1. The van der Waals surface area contributed by atoms with Gasteiger partial charge in [0.1, 0.15) is 40.6 Å². The van der Waals surface area contributed by atoms with Crippen molar-refractivity contribution in [3.8, 4) is 34.9 Å². The summed E-state index contributed by atoms with van der Waals surface area (Å²) in [6.45, 7) is 14.0. The number of nitro groups is 2. The van der Waals surface area contributed by atoms with E-state index in [4.69, 9.17) is 25.1 Å².